The van der Waals surface area contributed by atoms with Crippen LogP contribution in [0, 0.1) is 5.82 Å². The van der Waals surface area contributed by atoms with Crippen molar-refractivity contribution in [3.05, 3.63) is 34.6 Å². The number of nitrogens with zero attached hydrogens (tertiary/aromatic N) is 1. The minimum atomic E-state index is -0.296. The molecule has 0 aliphatic carbocycles. The average Bonchev–Trinajstić information content (AvgIpc) is 2.31. The molecule has 0 aliphatic heterocycles. The zero-order valence-electron chi connectivity index (χ0n) is 10.9. The van der Waals surface area contributed by atoms with Crippen LogP contribution >= 0.6 is 11.6 Å². The second kappa shape index (κ2) is 4.39. The molecule has 0 fully saturated rings. The molecule has 0 atom stereocenters. The van der Waals surface area contributed by atoms with Gasteiger partial charge in [-0.15, -0.1) is 0 Å². The molecular weight excluding hydrogens is 251 g/mol. The summed E-state index contributed by atoms with van der Waals surface area (Å²) in [4.78, 5) is 4.44. The Hall–Kier alpha value is -1.35. The van der Waals surface area contributed by atoms with Gasteiger partial charge in [0.2, 0.25) is 0 Å². The Labute approximate surface area is 111 Å². The molecule has 1 N–H and O–H groups in total. The first-order valence-electron chi connectivity index (χ1n) is 5.81. The summed E-state index contributed by atoms with van der Waals surface area (Å²) in [6, 6.07) is 4.73. The molecule has 1 heterocycles. The van der Waals surface area contributed by atoms with E-state index in [0.29, 0.717) is 15.9 Å². The van der Waals surface area contributed by atoms with E-state index in [1.165, 1.54) is 12.1 Å². The highest BCUT2D eigenvalue weighted by atomic mass is 35.5. The fourth-order valence-corrected chi connectivity index (χ4v) is 2.16. The van der Waals surface area contributed by atoms with Gasteiger partial charge in [-0.05, 0) is 23.6 Å². The summed E-state index contributed by atoms with van der Waals surface area (Å²) in [7, 11) is 1.80. The van der Waals surface area contributed by atoms with Crippen molar-refractivity contribution >= 4 is 28.3 Å². The number of halogens is 2. The quantitative estimate of drug-likeness (QED) is 0.829. The standard InChI is InChI=1S/C14H16ClFN2/c1-14(2,3)9-7-8-11(16)6-5-10(15)12(8)18-13(9)17-4/h5-7H,1-4H3,(H,17,18). The lowest BCUT2D eigenvalue weighted by molar-refractivity contribution is 0.589. The second-order valence-corrected chi connectivity index (χ2v) is 5.72. The number of fused-ring (bicyclic) bond motifs is 1. The van der Waals surface area contributed by atoms with Crippen LogP contribution in [-0.2, 0) is 5.41 Å². The molecule has 2 rings (SSSR count). The van der Waals surface area contributed by atoms with Crippen LogP contribution in [0.25, 0.3) is 10.9 Å². The number of aromatic nitrogens is 1. The molecule has 0 radical (unpaired) electrons. The summed E-state index contributed by atoms with van der Waals surface area (Å²) >= 11 is 6.07. The topological polar surface area (TPSA) is 24.9 Å². The third kappa shape index (κ3) is 2.15. The van der Waals surface area contributed by atoms with Crippen molar-refractivity contribution < 1.29 is 4.39 Å². The first kappa shape index (κ1) is 13.1. The van der Waals surface area contributed by atoms with Crippen molar-refractivity contribution in [2.45, 2.75) is 26.2 Å². The molecule has 1 aromatic heterocycles. The summed E-state index contributed by atoms with van der Waals surface area (Å²) in [5.41, 5.74) is 1.35. The molecule has 0 spiro atoms. The van der Waals surface area contributed by atoms with Crippen molar-refractivity contribution in [2.24, 2.45) is 0 Å². The maximum Gasteiger partial charge on any atom is 0.132 e. The van der Waals surface area contributed by atoms with E-state index in [9.17, 15) is 4.39 Å². The van der Waals surface area contributed by atoms with Gasteiger partial charge in [-0.1, -0.05) is 32.4 Å². The van der Waals surface area contributed by atoms with Crippen molar-refractivity contribution in [3.8, 4) is 0 Å². The van der Waals surface area contributed by atoms with Gasteiger partial charge in [0, 0.05) is 18.0 Å². The molecular formula is C14H16ClFN2. The van der Waals surface area contributed by atoms with E-state index in [1.54, 1.807) is 7.05 Å². The third-order valence-corrected chi connectivity index (χ3v) is 3.23. The SMILES string of the molecule is CNc1nc2c(Cl)ccc(F)c2cc1C(C)(C)C. The Kier molecular flexibility index (Phi) is 3.20. The Morgan fingerprint density at radius 3 is 2.50 bits per heavy atom. The van der Waals surface area contributed by atoms with Gasteiger partial charge in [0.25, 0.3) is 0 Å². The van der Waals surface area contributed by atoms with Crippen LogP contribution in [0.15, 0.2) is 18.2 Å². The van der Waals surface area contributed by atoms with Crippen LogP contribution in [-0.4, -0.2) is 12.0 Å². The fraction of sp³-hybridized carbons (Fsp3) is 0.357. The lowest BCUT2D eigenvalue weighted by Gasteiger charge is -2.22. The summed E-state index contributed by atoms with van der Waals surface area (Å²) in [5, 5.41) is 3.97. The predicted molar refractivity (Wildman–Crippen MR) is 75.0 cm³/mol. The van der Waals surface area contributed by atoms with Crippen LogP contribution in [0.2, 0.25) is 5.02 Å². The van der Waals surface area contributed by atoms with Crippen LogP contribution in [0.5, 0.6) is 0 Å². The highest BCUT2D eigenvalue weighted by Crippen LogP contribution is 2.34. The molecule has 0 unspecified atom stereocenters. The van der Waals surface area contributed by atoms with Crippen molar-refractivity contribution in [1.82, 2.24) is 4.98 Å². The van der Waals surface area contributed by atoms with Gasteiger partial charge in [-0.25, -0.2) is 9.37 Å². The first-order chi connectivity index (χ1) is 8.34. The van der Waals surface area contributed by atoms with E-state index in [2.05, 4.69) is 31.1 Å². The van der Waals surface area contributed by atoms with Crippen molar-refractivity contribution in [3.63, 3.8) is 0 Å². The van der Waals surface area contributed by atoms with Crippen LogP contribution < -0.4 is 5.32 Å². The molecule has 0 bridgehead atoms. The first-order valence-corrected chi connectivity index (χ1v) is 6.19. The molecule has 0 saturated heterocycles. The second-order valence-electron chi connectivity index (χ2n) is 5.31. The lowest BCUT2D eigenvalue weighted by atomic mass is 9.86. The van der Waals surface area contributed by atoms with E-state index in [0.717, 1.165) is 11.4 Å². The Morgan fingerprint density at radius 2 is 1.94 bits per heavy atom. The zero-order valence-corrected chi connectivity index (χ0v) is 11.7. The third-order valence-electron chi connectivity index (χ3n) is 2.93. The highest BCUT2D eigenvalue weighted by Gasteiger charge is 2.21. The van der Waals surface area contributed by atoms with Crippen molar-refractivity contribution in [1.29, 1.82) is 0 Å². The Bertz CT molecular complexity index is 603. The molecule has 96 valence electrons. The van der Waals surface area contributed by atoms with Crippen LogP contribution in [0.4, 0.5) is 10.2 Å². The van der Waals surface area contributed by atoms with Gasteiger partial charge < -0.3 is 5.32 Å². The average molecular weight is 267 g/mol. The Balaban J connectivity index is 2.86. The maximum absolute atomic E-state index is 13.9. The molecule has 2 aromatic rings. The minimum Gasteiger partial charge on any atom is -0.373 e. The maximum atomic E-state index is 13.9. The molecule has 0 aliphatic rings. The largest absolute Gasteiger partial charge is 0.373 e. The summed E-state index contributed by atoms with van der Waals surface area (Å²) in [5.74, 6) is 0.442. The van der Waals surface area contributed by atoms with E-state index in [-0.39, 0.29) is 11.2 Å². The van der Waals surface area contributed by atoms with E-state index in [4.69, 9.17) is 11.6 Å². The summed E-state index contributed by atoms with van der Waals surface area (Å²) in [6.45, 7) is 6.21. The summed E-state index contributed by atoms with van der Waals surface area (Å²) < 4.78 is 13.9. The van der Waals surface area contributed by atoms with Gasteiger partial charge >= 0.3 is 0 Å². The van der Waals surface area contributed by atoms with Gasteiger partial charge in [0.1, 0.15) is 11.6 Å². The molecule has 0 amide bonds. The number of rotatable bonds is 1. The highest BCUT2D eigenvalue weighted by molar-refractivity contribution is 6.35. The lowest BCUT2D eigenvalue weighted by Crippen LogP contribution is -2.15. The smallest absolute Gasteiger partial charge is 0.132 e. The number of anilines is 1. The molecule has 2 nitrogen and oxygen atoms in total. The fourth-order valence-electron chi connectivity index (χ4n) is 1.95. The molecule has 0 saturated carbocycles. The Morgan fingerprint density at radius 1 is 1.28 bits per heavy atom. The van der Waals surface area contributed by atoms with Crippen molar-refractivity contribution in [2.75, 3.05) is 12.4 Å². The number of hydrogen-bond acceptors (Lipinski definition) is 2. The van der Waals surface area contributed by atoms with Gasteiger partial charge in [0.05, 0.1) is 10.5 Å². The monoisotopic (exact) mass is 266 g/mol. The van der Waals surface area contributed by atoms with Gasteiger partial charge in [-0.2, -0.15) is 0 Å². The van der Waals surface area contributed by atoms with Gasteiger partial charge in [0.15, 0.2) is 0 Å². The molecule has 4 heteroatoms. The van der Waals surface area contributed by atoms with Gasteiger partial charge in [-0.3, -0.25) is 0 Å². The minimum absolute atomic E-state index is 0.117. The number of nitrogens with one attached hydrogen (secondary N) is 1. The predicted octanol–water partition coefficient (Wildman–Crippen LogP) is 4.37. The number of pyridine rings is 1. The number of benzene rings is 1. The number of hydrogen-bond donors (Lipinski definition) is 1. The van der Waals surface area contributed by atoms with Crippen LogP contribution in [0.3, 0.4) is 0 Å². The summed E-state index contributed by atoms with van der Waals surface area (Å²) in [6.07, 6.45) is 0. The van der Waals surface area contributed by atoms with E-state index >= 15 is 0 Å². The van der Waals surface area contributed by atoms with E-state index < -0.39 is 0 Å². The molecule has 1 aromatic carbocycles. The van der Waals surface area contributed by atoms with Crippen LogP contribution in [0.1, 0.15) is 26.3 Å². The van der Waals surface area contributed by atoms with E-state index in [1.807, 2.05) is 6.07 Å². The zero-order chi connectivity index (χ0) is 13.5. The molecule has 18 heavy (non-hydrogen) atoms. The normalized spacial score (nSPS) is 11.9.